The molecule has 0 aliphatic heterocycles. The molecular weight excluding hydrogens is 296 g/mol. The van der Waals surface area contributed by atoms with Crippen LogP contribution in [0, 0.1) is 11.6 Å². The largest absolute Gasteiger partial charge is 0.350 e. The molecule has 3 rings (SSSR count). The zero-order valence-electron chi connectivity index (χ0n) is 11.0. The number of hydrogen-bond donors (Lipinski definition) is 1. The molecule has 0 atom stereocenters. The molecule has 0 spiro atoms. The molecule has 0 radical (unpaired) electrons. The smallest absolute Gasteiger partial charge is 0.322 e. The fourth-order valence-electron chi connectivity index (χ4n) is 1.90. The van der Waals surface area contributed by atoms with Crippen LogP contribution in [-0.2, 0) is 11.3 Å². The van der Waals surface area contributed by atoms with Gasteiger partial charge in [0.2, 0.25) is 5.91 Å². The SMILES string of the molecule is O=C(Cn1nc2cnccn2c1=O)Nc1ccc(F)cc1F. The Hall–Kier alpha value is -3.10. The lowest BCUT2D eigenvalue weighted by atomic mass is 10.3. The molecule has 2 heterocycles. The Morgan fingerprint density at radius 2 is 2.14 bits per heavy atom. The molecule has 1 aromatic carbocycles. The van der Waals surface area contributed by atoms with Gasteiger partial charge in [0.1, 0.15) is 18.2 Å². The average molecular weight is 305 g/mol. The van der Waals surface area contributed by atoms with Crippen molar-refractivity contribution in [1.82, 2.24) is 19.2 Å². The van der Waals surface area contributed by atoms with Crippen LogP contribution >= 0.6 is 0 Å². The monoisotopic (exact) mass is 305 g/mol. The van der Waals surface area contributed by atoms with Crippen molar-refractivity contribution in [3.8, 4) is 0 Å². The maximum atomic E-state index is 13.4. The van der Waals surface area contributed by atoms with Gasteiger partial charge in [-0.1, -0.05) is 0 Å². The van der Waals surface area contributed by atoms with E-state index in [1.165, 1.54) is 23.0 Å². The van der Waals surface area contributed by atoms with E-state index >= 15 is 0 Å². The number of halogens is 2. The van der Waals surface area contributed by atoms with Crippen LogP contribution in [0.2, 0.25) is 0 Å². The lowest BCUT2D eigenvalue weighted by Crippen LogP contribution is -2.28. The molecule has 0 bridgehead atoms. The van der Waals surface area contributed by atoms with E-state index in [9.17, 15) is 18.4 Å². The van der Waals surface area contributed by atoms with Crippen LogP contribution in [0.5, 0.6) is 0 Å². The normalized spacial score (nSPS) is 10.8. The Morgan fingerprint density at radius 1 is 1.32 bits per heavy atom. The molecular formula is C13H9F2N5O2. The van der Waals surface area contributed by atoms with Gasteiger partial charge in [0.25, 0.3) is 0 Å². The van der Waals surface area contributed by atoms with Crippen LogP contribution in [0.4, 0.5) is 14.5 Å². The molecule has 7 nitrogen and oxygen atoms in total. The first-order valence-corrected chi connectivity index (χ1v) is 6.19. The second-order valence-electron chi connectivity index (χ2n) is 4.42. The average Bonchev–Trinajstić information content (AvgIpc) is 2.79. The quantitative estimate of drug-likeness (QED) is 0.776. The van der Waals surface area contributed by atoms with E-state index in [1.807, 2.05) is 0 Å². The Bertz CT molecular complexity index is 918. The molecule has 2 aromatic heterocycles. The third-order valence-electron chi connectivity index (χ3n) is 2.89. The van der Waals surface area contributed by atoms with Crippen molar-refractivity contribution >= 4 is 17.2 Å². The van der Waals surface area contributed by atoms with Gasteiger partial charge in [-0.05, 0) is 12.1 Å². The number of amides is 1. The van der Waals surface area contributed by atoms with Gasteiger partial charge >= 0.3 is 5.69 Å². The van der Waals surface area contributed by atoms with Crippen LogP contribution in [-0.4, -0.2) is 25.1 Å². The standard InChI is InChI=1S/C13H9F2N5O2/c14-8-1-2-10(9(15)5-8)17-12(21)7-20-13(22)19-4-3-16-6-11(19)18-20/h1-6H,7H2,(H,17,21). The van der Waals surface area contributed by atoms with E-state index in [1.54, 1.807) is 0 Å². The zero-order valence-corrected chi connectivity index (χ0v) is 11.0. The molecule has 0 fully saturated rings. The van der Waals surface area contributed by atoms with Gasteiger partial charge in [-0.2, -0.15) is 0 Å². The van der Waals surface area contributed by atoms with Crippen LogP contribution in [0.3, 0.4) is 0 Å². The number of carbonyl (C=O) groups is 1. The molecule has 0 aliphatic rings. The van der Waals surface area contributed by atoms with Crippen molar-refractivity contribution in [1.29, 1.82) is 0 Å². The highest BCUT2D eigenvalue weighted by molar-refractivity contribution is 5.90. The predicted molar refractivity (Wildman–Crippen MR) is 72.2 cm³/mol. The number of nitrogens with one attached hydrogen (secondary N) is 1. The summed E-state index contributed by atoms with van der Waals surface area (Å²) in [5.41, 5.74) is -0.412. The summed E-state index contributed by atoms with van der Waals surface area (Å²) < 4.78 is 28.4. The number of fused-ring (bicyclic) bond motifs is 1. The molecule has 0 unspecified atom stereocenters. The van der Waals surface area contributed by atoms with E-state index < -0.39 is 29.8 Å². The third-order valence-corrected chi connectivity index (χ3v) is 2.89. The summed E-state index contributed by atoms with van der Waals surface area (Å²) in [7, 11) is 0. The van der Waals surface area contributed by atoms with Crippen LogP contribution in [0.25, 0.3) is 5.65 Å². The van der Waals surface area contributed by atoms with Crippen molar-refractivity contribution in [3.05, 3.63) is 58.9 Å². The van der Waals surface area contributed by atoms with Gasteiger partial charge in [0.15, 0.2) is 5.65 Å². The van der Waals surface area contributed by atoms with Crippen molar-refractivity contribution in [2.45, 2.75) is 6.54 Å². The number of carbonyl (C=O) groups excluding carboxylic acids is 1. The second kappa shape index (κ2) is 5.35. The summed E-state index contributed by atoms with van der Waals surface area (Å²) in [5.74, 6) is -2.32. The van der Waals surface area contributed by atoms with E-state index in [4.69, 9.17) is 0 Å². The minimum absolute atomic E-state index is 0.176. The van der Waals surface area contributed by atoms with Crippen molar-refractivity contribution in [2.75, 3.05) is 5.32 Å². The summed E-state index contributed by atoms with van der Waals surface area (Å²) in [5, 5.41) is 6.17. The number of benzene rings is 1. The van der Waals surface area contributed by atoms with Gasteiger partial charge in [-0.3, -0.25) is 9.78 Å². The lowest BCUT2D eigenvalue weighted by molar-refractivity contribution is -0.117. The van der Waals surface area contributed by atoms with Crippen molar-refractivity contribution in [3.63, 3.8) is 0 Å². The Kier molecular flexibility index (Phi) is 3.37. The van der Waals surface area contributed by atoms with E-state index in [0.717, 1.165) is 16.8 Å². The van der Waals surface area contributed by atoms with E-state index in [0.29, 0.717) is 6.07 Å². The molecule has 0 aliphatic carbocycles. The number of nitrogens with zero attached hydrogens (tertiary/aromatic N) is 4. The molecule has 0 saturated heterocycles. The van der Waals surface area contributed by atoms with E-state index in [-0.39, 0.29) is 11.3 Å². The van der Waals surface area contributed by atoms with Crippen molar-refractivity contribution < 1.29 is 13.6 Å². The fourth-order valence-corrected chi connectivity index (χ4v) is 1.90. The minimum Gasteiger partial charge on any atom is -0.322 e. The fraction of sp³-hybridized carbons (Fsp3) is 0.0769. The summed E-state index contributed by atoms with van der Waals surface area (Å²) in [6, 6.07) is 2.76. The zero-order chi connectivity index (χ0) is 15.7. The van der Waals surface area contributed by atoms with Gasteiger partial charge in [-0.15, -0.1) is 5.10 Å². The topological polar surface area (TPSA) is 81.3 Å². The summed E-state index contributed by atoms with van der Waals surface area (Å²) >= 11 is 0. The highest BCUT2D eigenvalue weighted by Crippen LogP contribution is 2.14. The highest BCUT2D eigenvalue weighted by atomic mass is 19.1. The van der Waals surface area contributed by atoms with Gasteiger partial charge < -0.3 is 5.32 Å². The van der Waals surface area contributed by atoms with Gasteiger partial charge in [-0.25, -0.2) is 22.7 Å². The first-order valence-electron chi connectivity index (χ1n) is 6.19. The third kappa shape index (κ3) is 2.55. The van der Waals surface area contributed by atoms with Gasteiger partial charge in [0.05, 0.1) is 11.9 Å². The number of aromatic nitrogens is 4. The molecule has 1 amide bonds. The maximum Gasteiger partial charge on any atom is 0.350 e. The molecule has 1 N–H and O–H groups in total. The molecule has 0 saturated carbocycles. The summed E-state index contributed by atoms with van der Waals surface area (Å²) in [4.78, 5) is 27.6. The lowest BCUT2D eigenvalue weighted by Gasteiger charge is -2.05. The van der Waals surface area contributed by atoms with Crippen LogP contribution < -0.4 is 11.0 Å². The molecule has 9 heteroatoms. The highest BCUT2D eigenvalue weighted by Gasteiger charge is 2.12. The Morgan fingerprint density at radius 3 is 2.86 bits per heavy atom. The first-order chi connectivity index (χ1) is 10.5. The summed E-state index contributed by atoms with van der Waals surface area (Å²) in [6.45, 7) is -0.405. The molecule has 112 valence electrons. The first kappa shape index (κ1) is 13.9. The second-order valence-corrected chi connectivity index (χ2v) is 4.42. The van der Waals surface area contributed by atoms with E-state index in [2.05, 4.69) is 15.4 Å². The van der Waals surface area contributed by atoms with Crippen LogP contribution in [0.15, 0.2) is 41.6 Å². The maximum absolute atomic E-state index is 13.4. The Balaban J connectivity index is 1.81. The van der Waals surface area contributed by atoms with Crippen LogP contribution in [0.1, 0.15) is 0 Å². The summed E-state index contributed by atoms with van der Waals surface area (Å²) in [6.07, 6.45) is 4.20. The minimum atomic E-state index is -0.903. The predicted octanol–water partition coefficient (Wildman–Crippen LogP) is 0.808. The molecule has 22 heavy (non-hydrogen) atoms. The number of hydrogen-bond acceptors (Lipinski definition) is 4. The van der Waals surface area contributed by atoms with Crippen molar-refractivity contribution in [2.24, 2.45) is 0 Å². The number of rotatable bonds is 3. The molecule has 3 aromatic rings. The van der Waals surface area contributed by atoms with Gasteiger partial charge in [0, 0.05) is 18.5 Å². The Labute approximate surface area is 121 Å². The number of anilines is 1.